The van der Waals surface area contributed by atoms with E-state index >= 15 is 0 Å². The zero-order valence-corrected chi connectivity index (χ0v) is 17.9. The molecule has 1 fully saturated rings. The fourth-order valence-electron chi connectivity index (χ4n) is 3.40. The third kappa shape index (κ3) is 4.39. The van der Waals surface area contributed by atoms with Gasteiger partial charge in [-0.1, -0.05) is 37.0 Å². The molecule has 1 aliphatic heterocycles. The highest BCUT2D eigenvalue weighted by Gasteiger charge is 2.24. The van der Waals surface area contributed by atoms with Crippen LogP contribution in [-0.2, 0) is 0 Å². The summed E-state index contributed by atoms with van der Waals surface area (Å²) in [5.74, 6) is 1.87. The molecule has 4 nitrogen and oxygen atoms in total. The molecule has 6 heteroatoms. The van der Waals surface area contributed by atoms with Crippen LogP contribution in [0, 0.1) is 0 Å². The number of methoxy groups -OCH3 is 1. The molecule has 1 aliphatic rings. The Labute approximate surface area is 176 Å². The van der Waals surface area contributed by atoms with E-state index in [1.807, 2.05) is 17.0 Å². The molecule has 0 aliphatic carbocycles. The number of piperidine rings is 1. The van der Waals surface area contributed by atoms with E-state index in [9.17, 15) is 4.79 Å². The summed E-state index contributed by atoms with van der Waals surface area (Å²) in [5.41, 5.74) is 1.44. The van der Waals surface area contributed by atoms with Gasteiger partial charge >= 0.3 is 0 Å². The first kappa shape index (κ1) is 20.8. The number of rotatable bonds is 5. The van der Waals surface area contributed by atoms with Gasteiger partial charge in [0.1, 0.15) is 11.5 Å². The standard InChI is InChI=1S/C22H25Cl2NO3/c1-14(2)17-13-15(7-10-19(17)27-3)28-21-18(23)9-8-16(20(21)24)22(26)25-11-5-4-6-12-25/h7-10,13-14H,4-6,11-12H2,1-3H3. The summed E-state index contributed by atoms with van der Waals surface area (Å²) in [4.78, 5) is 14.7. The summed E-state index contributed by atoms with van der Waals surface area (Å²) in [6.45, 7) is 5.67. The number of hydrogen-bond acceptors (Lipinski definition) is 3. The minimum Gasteiger partial charge on any atom is -0.496 e. The van der Waals surface area contributed by atoms with Crippen LogP contribution in [0.15, 0.2) is 30.3 Å². The summed E-state index contributed by atoms with van der Waals surface area (Å²) in [7, 11) is 1.64. The summed E-state index contributed by atoms with van der Waals surface area (Å²) >= 11 is 12.9. The molecule has 0 aromatic heterocycles. The predicted molar refractivity (Wildman–Crippen MR) is 113 cm³/mol. The number of amides is 1. The van der Waals surface area contributed by atoms with Crippen molar-refractivity contribution in [1.29, 1.82) is 0 Å². The van der Waals surface area contributed by atoms with Crippen molar-refractivity contribution in [2.24, 2.45) is 0 Å². The van der Waals surface area contributed by atoms with Crippen molar-refractivity contribution >= 4 is 29.1 Å². The lowest BCUT2D eigenvalue weighted by Gasteiger charge is -2.27. The van der Waals surface area contributed by atoms with Crippen LogP contribution in [0.25, 0.3) is 0 Å². The number of nitrogens with zero attached hydrogens (tertiary/aromatic N) is 1. The smallest absolute Gasteiger partial charge is 0.255 e. The molecule has 0 radical (unpaired) electrons. The van der Waals surface area contributed by atoms with Gasteiger partial charge in [0.2, 0.25) is 0 Å². The number of carbonyl (C=O) groups is 1. The van der Waals surface area contributed by atoms with Crippen LogP contribution >= 0.6 is 23.2 Å². The van der Waals surface area contributed by atoms with Gasteiger partial charge in [0.05, 0.1) is 22.7 Å². The Morgan fingerprint density at radius 1 is 1.07 bits per heavy atom. The molecule has 0 bridgehead atoms. The van der Waals surface area contributed by atoms with Crippen LogP contribution in [0.1, 0.15) is 54.9 Å². The van der Waals surface area contributed by atoms with Gasteiger partial charge in [0, 0.05) is 18.7 Å². The first-order valence-electron chi connectivity index (χ1n) is 9.55. The van der Waals surface area contributed by atoms with Gasteiger partial charge in [-0.05, 0) is 55.5 Å². The van der Waals surface area contributed by atoms with Crippen molar-refractivity contribution in [3.63, 3.8) is 0 Å². The molecule has 1 heterocycles. The fraction of sp³-hybridized carbons (Fsp3) is 0.409. The molecular formula is C22H25Cl2NO3. The number of halogens is 2. The normalized spacial score (nSPS) is 14.3. The van der Waals surface area contributed by atoms with Gasteiger partial charge in [-0.15, -0.1) is 0 Å². The van der Waals surface area contributed by atoms with E-state index in [0.717, 1.165) is 43.7 Å². The Morgan fingerprint density at radius 3 is 2.43 bits per heavy atom. The van der Waals surface area contributed by atoms with Gasteiger partial charge in [-0.2, -0.15) is 0 Å². The van der Waals surface area contributed by atoms with Crippen LogP contribution in [0.4, 0.5) is 0 Å². The molecule has 1 amide bonds. The van der Waals surface area contributed by atoms with Gasteiger partial charge in [0.25, 0.3) is 5.91 Å². The Morgan fingerprint density at radius 2 is 1.79 bits per heavy atom. The van der Waals surface area contributed by atoms with E-state index in [-0.39, 0.29) is 16.8 Å². The summed E-state index contributed by atoms with van der Waals surface area (Å²) in [5, 5.41) is 0.604. The van der Waals surface area contributed by atoms with E-state index in [4.69, 9.17) is 32.7 Å². The van der Waals surface area contributed by atoms with Crippen LogP contribution < -0.4 is 9.47 Å². The number of ether oxygens (including phenoxy) is 2. The van der Waals surface area contributed by atoms with E-state index in [2.05, 4.69) is 13.8 Å². The monoisotopic (exact) mass is 421 g/mol. The van der Waals surface area contributed by atoms with Gasteiger partial charge < -0.3 is 14.4 Å². The molecule has 0 N–H and O–H groups in total. The Balaban J connectivity index is 1.92. The first-order chi connectivity index (χ1) is 13.4. The van der Waals surface area contributed by atoms with Gasteiger partial charge in [-0.3, -0.25) is 4.79 Å². The third-order valence-corrected chi connectivity index (χ3v) is 5.64. The van der Waals surface area contributed by atoms with Crippen LogP contribution in [0.5, 0.6) is 17.2 Å². The predicted octanol–water partition coefficient (Wildman–Crippen LogP) is 6.54. The van der Waals surface area contributed by atoms with Crippen LogP contribution in [-0.4, -0.2) is 31.0 Å². The third-order valence-electron chi connectivity index (χ3n) is 4.97. The zero-order chi connectivity index (χ0) is 20.3. The summed E-state index contributed by atoms with van der Waals surface area (Å²) < 4.78 is 11.4. The first-order valence-corrected chi connectivity index (χ1v) is 10.3. The SMILES string of the molecule is COc1ccc(Oc2c(Cl)ccc(C(=O)N3CCCCC3)c2Cl)cc1C(C)C. The lowest BCUT2D eigenvalue weighted by molar-refractivity contribution is 0.0724. The molecule has 0 saturated carbocycles. The van der Waals surface area contributed by atoms with Crippen molar-refractivity contribution < 1.29 is 14.3 Å². The Bertz CT molecular complexity index is 861. The maximum atomic E-state index is 12.9. The average Bonchev–Trinajstić information content (AvgIpc) is 2.71. The largest absolute Gasteiger partial charge is 0.496 e. The molecule has 150 valence electrons. The van der Waals surface area contributed by atoms with Crippen molar-refractivity contribution in [3.8, 4) is 17.2 Å². The van der Waals surface area contributed by atoms with Gasteiger partial charge in [0.15, 0.2) is 5.75 Å². The Hall–Kier alpha value is -1.91. The van der Waals surface area contributed by atoms with Crippen LogP contribution in [0.3, 0.4) is 0 Å². The summed E-state index contributed by atoms with van der Waals surface area (Å²) in [6.07, 6.45) is 3.19. The maximum absolute atomic E-state index is 12.9. The fourth-order valence-corrected chi connectivity index (χ4v) is 3.93. The van der Waals surface area contributed by atoms with E-state index in [1.165, 1.54) is 0 Å². The second kappa shape index (κ2) is 9.06. The topological polar surface area (TPSA) is 38.8 Å². The number of carbonyl (C=O) groups excluding carboxylic acids is 1. The van der Waals surface area contributed by atoms with Crippen LogP contribution in [0.2, 0.25) is 10.0 Å². The van der Waals surface area contributed by atoms with Crippen molar-refractivity contribution in [3.05, 3.63) is 51.5 Å². The lowest BCUT2D eigenvalue weighted by atomic mass is 10.0. The highest BCUT2D eigenvalue weighted by Crippen LogP contribution is 2.40. The summed E-state index contributed by atoms with van der Waals surface area (Å²) in [6, 6.07) is 8.90. The minimum atomic E-state index is -0.0798. The highest BCUT2D eigenvalue weighted by molar-refractivity contribution is 6.39. The van der Waals surface area contributed by atoms with Gasteiger partial charge in [-0.25, -0.2) is 0 Å². The average molecular weight is 422 g/mol. The minimum absolute atomic E-state index is 0.0798. The number of hydrogen-bond donors (Lipinski definition) is 0. The van der Waals surface area contributed by atoms with E-state index < -0.39 is 0 Å². The molecule has 0 unspecified atom stereocenters. The number of likely N-dealkylation sites (tertiary alicyclic amines) is 1. The quantitative estimate of drug-likeness (QED) is 0.549. The number of benzene rings is 2. The maximum Gasteiger partial charge on any atom is 0.255 e. The highest BCUT2D eigenvalue weighted by atomic mass is 35.5. The second-order valence-electron chi connectivity index (χ2n) is 7.25. The molecule has 0 atom stereocenters. The lowest BCUT2D eigenvalue weighted by Crippen LogP contribution is -2.35. The molecule has 2 aromatic carbocycles. The van der Waals surface area contributed by atoms with E-state index in [1.54, 1.807) is 25.3 Å². The van der Waals surface area contributed by atoms with Crippen molar-refractivity contribution in [2.75, 3.05) is 20.2 Å². The molecular weight excluding hydrogens is 397 g/mol. The zero-order valence-electron chi connectivity index (χ0n) is 16.4. The van der Waals surface area contributed by atoms with Crippen molar-refractivity contribution in [1.82, 2.24) is 4.90 Å². The Kier molecular flexibility index (Phi) is 6.73. The van der Waals surface area contributed by atoms with E-state index in [0.29, 0.717) is 22.1 Å². The molecule has 3 rings (SSSR count). The molecule has 0 spiro atoms. The second-order valence-corrected chi connectivity index (χ2v) is 8.04. The molecule has 1 saturated heterocycles. The van der Waals surface area contributed by atoms with Crippen molar-refractivity contribution in [2.45, 2.75) is 39.0 Å². The molecule has 2 aromatic rings. The molecule has 28 heavy (non-hydrogen) atoms.